The van der Waals surface area contributed by atoms with Crippen molar-refractivity contribution in [2.75, 3.05) is 0 Å². The number of carbonyl (C=O) groups excluding carboxylic acids is 1. The van der Waals surface area contributed by atoms with Gasteiger partial charge >= 0.3 is 0 Å². The second kappa shape index (κ2) is 6.16. The maximum absolute atomic E-state index is 12.6. The molecule has 0 radical (unpaired) electrons. The largest absolute Gasteiger partial charge is 0.334 e. The van der Waals surface area contributed by atoms with Crippen molar-refractivity contribution in [2.45, 2.75) is 33.0 Å². The van der Waals surface area contributed by atoms with E-state index in [0.717, 1.165) is 11.1 Å². The summed E-state index contributed by atoms with van der Waals surface area (Å²) in [6.45, 7) is 3.59. The van der Waals surface area contributed by atoms with E-state index in [1.807, 2.05) is 36.1 Å². The molecule has 0 spiro atoms. The molecule has 5 nitrogen and oxygen atoms in total. The van der Waals surface area contributed by atoms with Crippen LogP contribution in [-0.2, 0) is 24.4 Å². The molecular formula is C20H19N3O2. The van der Waals surface area contributed by atoms with Gasteiger partial charge in [0.25, 0.3) is 5.56 Å². The number of benzene rings is 2. The summed E-state index contributed by atoms with van der Waals surface area (Å²) in [6, 6.07) is 13.7. The van der Waals surface area contributed by atoms with Gasteiger partial charge in [-0.25, -0.2) is 4.98 Å². The van der Waals surface area contributed by atoms with Crippen LogP contribution in [0.3, 0.4) is 0 Å². The first-order valence-corrected chi connectivity index (χ1v) is 8.43. The first kappa shape index (κ1) is 15.6. The zero-order chi connectivity index (χ0) is 17.4. The van der Waals surface area contributed by atoms with E-state index in [1.165, 1.54) is 15.7 Å². The second-order valence-electron chi connectivity index (χ2n) is 6.48. The Kier molecular flexibility index (Phi) is 3.84. The van der Waals surface area contributed by atoms with Gasteiger partial charge in [0.1, 0.15) is 0 Å². The van der Waals surface area contributed by atoms with E-state index >= 15 is 0 Å². The highest BCUT2D eigenvalue weighted by Crippen LogP contribution is 2.22. The molecule has 0 atom stereocenters. The first-order chi connectivity index (χ1) is 12.1. The summed E-state index contributed by atoms with van der Waals surface area (Å²) in [5.41, 5.74) is 4.02. The number of nitrogens with zero attached hydrogens (tertiary/aromatic N) is 3. The molecule has 0 bridgehead atoms. The van der Waals surface area contributed by atoms with Gasteiger partial charge in [-0.05, 0) is 29.7 Å². The summed E-state index contributed by atoms with van der Waals surface area (Å²) in [7, 11) is 0. The van der Waals surface area contributed by atoms with Crippen LogP contribution in [0.25, 0.3) is 10.9 Å². The Balaban J connectivity index is 1.49. The summed E-state index contributed by atoms with van der Waals surface area (Å²) in [5.74, 6) is 0.0624. The van der Waals surface area contributed by atoms with Crippen molar-refractivity contribution in [3.05, 3.63) is 75.8 Å². The van der Waals surface area contributed by atoms with Crippen LogP contribution in [0.4, 0.5) is 0 Å². The molecule has 2 heterocycles. The Labute approximate surface area is 145 Å². The van der Waals surface area contributed by atoms with Crippen LogP contribution in [-0.4, -0.2) is 20.4 Å². The van der Waals surface area contributed by atoms with Gasteiger partial charge in [0.05, 0.1) is 17.2 Å². The molecule has 5 heteroatoms. The lowest BCUT2D eigenvalue weighted by atomic mass is 10.1. The van der Waals surface area contributed by atoms with Gasteiger partial charge in [-0.2, -0.15) is 0 Å². The van der Waals surface area contributed by atoms with Crippen LogP contribution in [0.5, 0.6) is 0 Å². The molecule has 1 aliphatic heterocycles. The van der Waals surface area contributed by atoms with Crippen molar-refractivity contribution in [1.29, 1.82) is 0 Å². The van der Waals surface area contributed by atoms with Crippen molar-refractivity contribution in [3.63, 3.8) is 0 Å². The quantitative estimate of drug-likeness (QED) is 0.740. The zero-order valence-electron chi connectivity index (χ0n) is 14.1. The number of hydrogen-bond acceptors (Lipinski definition) is 3. The third kappa shape index (κ3) is 2.82. The molecule has 0 unspecified atom stereocenters. The molecule has 1 aliphatic rings. The number of hydrogen-bond donors (Lipinski definition) is 0. The van der Waals surface area contributed by atoms with E-state index in [4.69, 9.17) is 0 Å². The van der Waals surface area contributed by atoms with Crippen molar-refractivity contribution in [2.24, 2.45) is 0 Å². The smallest absolute Gasteiger partial charge is 0.261 e. The molecule has 0 saturated heterocycles. The molecule has 4 rings (SSSR count). The summed E-state index contributed by atoms with van der Waals surface area (Å²) >= 11 is 0. The molecule has 1 amide bonds. The minimum absolute atomic E-state index is 0.0624. The van der Waals surface area contributed by atoms with E-state index in [1.54, 1.807) is 12.4 Å². The molecule has 1 aromatic heterocycles. The summed E-state index contributed by atoms with van der Waals surface area (Å²) in [5, 5.41) is 0.600. The number of para-hydroxylation sites is 1. The Morgan fingerprint density at radius 3 is 2.52 bits per heavy atom. The van der Waals surface area contributed by atoms with Crippen LogP contribution in [0, 0.1) is 6.92 Å². The van der Waals surface area contributed by atoms with Gasteiger partial charge in [-0.3, -0.25) is 14.2 Å². The topological polar surface area (TPSA) is 55.2 Å². The van der Waals surface area contributed by atoms with E-state index in [9.17, 15) is 9.59 Å². The van der Waals surface area contributed by atoms with E-state index in [0.29, 0.717) is 31.4 Å². The summed E-state index contributed by atoms with van der Waals surface area (Å²) in [6.07, 6.45) is 1.84. The van der Waals surface area contributed by atoms with Gasteiger partial charge in [-0.1, -0.05) is 36.4 Å². The Bertz CT molecular complexity index is 998. The first-order valence-electron chi connectivity index (χ1n) is 8.43. The third-order valence-electron chi connectivity index (χ3n) is 4.82. The number of fused-ring (bicyclic) bond motifs is 2. The standard InChI is InChI=1S/C20H19N3O2/c1-14-5-4-8-17-19(14)21-13-22(20(17)25)10-9-18(24)23-11-15-6-2-3-7-16(15)12-23/h2-8,13H,9-12H2,1H3. The van der Waals surface area contributed by atoms with Crippen LogP contribution in [0.2, 0.25) is 0 Å². The summed E-state index contributed by atoms with van der Waals surface area (Å²) < 4.78 is 1.53. The van der Waals surface area contributed by atoms with Gasteiger partial charge in [0.2, 0.25) is 5.91 Å². The number of amides is 1. The molecule has 0 aliphatic carbocycles. The minimum Gasteiger partial charge on any atom is -0.334 e. The fourth-order valence-corrected chi connectivity index (χ4v) is 3.38. The summed E-state index contributed by atoms with van der Waals surface area (Å²) in [4.78, 5) is 31.3. The highest BCUT2D eigenvalue weighted by Gasteiger charge is 2.22. The molecular weight excluding hydrogens is 314 g/mol. The molecule has 3 aromatic rings. The van der Waals surface area contributed by atoms with Gasteiger partial charge in [-0.15, -0.1) is 0 Å². The average Bonchev–Trinajstić information content (AvgIpc) is 3.06. The second-order valence-corrected chi connectivity index (χ2v) is 6.48. The number of carbonyl (C=O) groups is 1. The van der Waals surface area contributed by atoms with Crippen molar-refractivity contribution in [1.82, 2.24) is 14.5 Å². The van der Waals surface area contributed by atoms with E-state index < -0.39 is 0 Å². The zero-order valence-corrected chi connectivity index (χ0v) is 14.1. The SMILES string of the molecule is Cc1cccc2c(=O)n(CCC(=O)N3Cc4ccccc4C3)cnc12. The fraction of sp³-hybridized carbons (Fsp3) is 0.250. The van der Waals surface area contributed by atoms with Gasteiger partial charge in [0, 0.05) is 26.1 Å². The van der Waals surface area contributed by atoms with Crippen LogP contribution in [0.15, 0.2) is 53.6 Å². The number of aromatic nitrogens is 2. The molecule has 0 saturated carbocycles. The van der Waals surface area contributed by atoms with Crippen molar-refractivity contribution < 1.29 is 4.79 Å². The van der Waals surface area contributed by atoms with E-state index in [-0.39, 0.29) is 11.5 Å². The maximum atomic E-state index is 12.6. The normalized spacial score (nSPS) is 13.2. The maximum Gasteiger partial charge on any atom is 0.261 e. The minimum atomic E-state index is -0.0915. The van der Waals surface area contributed by atoms with Crippen LogP contribution >= 0.6 is 0 Å². The van der Waals surface area contributed by atoms with Crippen LogP contribution in [0.1, 0.15) is 23.1 Å². The highest BCUT2D eigenvalue weighted by atomic mass is 16.2. The molecule has 0 N–H and O–H groups in total. The lowest BCUT2D eigenvalue weighted by molar-refractivity contribution is -0.132. The van der Waals surface area contributed by atoms with Crippen molar-refractivity contribution in [3.8, 4) is 0 Å². The number of rotatable bonds is 3. The molecule has 0 fully saturated rings. The van der Waals surface area contributed by atoms with E-state index in [2.05, 4.69) is 17.1 Å². The lowest BCUT2D eigenvalue weighted by Gasteiger charge is -2.16. The van der Waals surface area contributed by atoms with Crippen LogP contribution < -0.4 is 5.56 Å². The molecule has 2 aromatic carbocycles. The Morgan fingerprint density at radius 2 is 1.80 bits per heavy atom. The van der Waals surface area contributed by atoms with Crippen molar-refractivity contribution >= 4 is 16.8 Å². The Morgan fingerprint density at radius 1 is 1.08 bits per heavy atom. The third-order valence-corrected chi connectivity index (χ3v) is 4.82. The number of aryl methyl sites for hydroxylation is 2. The predicted octanol–water partition coefficient (Wildman–Crippen LogP) is 2.64. The van der Waals surface area contributed by atoms with Gasteiger partial charge < -0.3 is 4.90 Å². The fourth-order valence-electron chi connectivity index (χ4n) is 3.38. The predicted molar refractivity (Wildman–Crippen MR) is 96.1 cm³/mol. The molecule has 126 valence electrons. The highest BCUT2D eigenvalue weighted by molar-refractivity contribution is 5.80. The Hall–Kier alpha value is -2.95. The van der Waals surface area contributed by atoms with Gasteiger partial charge in [0.15, 0.2) is 0 Å². The molecule has 25 heavy (non-hydrogen) atoms. The average molecular weight is 333 g/mol. The monoisotopic (exact) mass is 333 g/mol. The lowest BCUT2D eigenvalue weighted by Crippen LogP contribution is -2.28.